The van der Waals surface area contributed by atoms with Crippen molar-refractivity contribution in [3.05, 3.63) is 65.2 Å². The second kappa shape index (κ2) is 6.02. The van der Waals surface area contributed by atoms with Gasteiger partial charge in [-0.25, -0.2) is 0 Å². The molecule has 2 aromatic rings. The van der Waals surface area contributed by atoms with Gasteiger partial charge in [-0.2, -0.15) is 0 Å². The molecule has 1 aliphatic heterocycles. The summed E-state index contributed by atoms with van der Waals surface area (Å²) in [4.78, 5) is 25.9. The van der Waals surface area contributed by atoms with E-state index in [-0.39, 0.29) is 11.8 Å². The Balaban J connectivity index is 1.85. The van der Waals surface area contributed by atoms with Crippen molar-refractivity contribution in [2.45, 2.75) is 19.9 Å². The molecule has 22 heavy (non-hydrogen) atoms. The highest BCUT2D eigenvalue weighted by Crippen LogP contribution is 2.23. The molecule has 0 radical (unpaired) electrons. The van der Waals surface area contributed by atoms with Gasteiger partial charge in [-0.05, 0) is 29.7 Å². The normalized spacial score (nSPS) is 13.4. The van der Waals surface area contributed by atoms with Crippen molar-refractivity contribution in [2.24, 2.45) is 0 Å². The molecule has 0 aromatic heterocycles. The monoisotopic (exact) mass is 294 g/mol. The molecule has 1 heterocycles. The van der Waals surface area contributed by atoms with Gasteiger partial charge in [-0.1, -0.05) is 36.4 Å². The molecule has 0 unspecified atom stereocenters. The van der Waals surface area contributed by atoms with E-state index in [1.165, 1.54) is 18.1 Å². The van der Waals surface area contributed by atoms with Gasteiger partial charge in [-0.15, -0.1) is 0 Å². The van der Waals surface area contributed by atoms with Crippen molar-refractivity contribution in [3.8, 4) is 0 Å². The molecule has 3 rings (SSSR count). The van der Waals surface area contributed by atoms with Crippen molar-refractivity contribution < 1.29 is 9.59 Å². The lowest BCUT2D eigenvalue weighted by Crippen LogP contribution is -2.36. The standard InChI is InChI=1S/C18H18N2O2/c1-13(21)19-17-9-5-4-8-16(17)18(22)20-11-10-14-6-2-3-7-15(14)12-20/h2-9H,10-12H2,1H3,(H,19,21). The Morgan fingerprint density at radius 2 is 1.68 bits per heavy atom. The molecular formula is C18H18N2O2. The first-order chi connectivity index (χ1) is 10.6. The number of hydrogen-bond donors (Lipinski definition) is 1. The van der Waals surface area contributed by atoms with Gasteiger partial charge in [0.05, 0.1) is 11.3 Å². The van der Waals surface area contributed by atoms with Crippen LogP contribution in [0.1, 0.15) is 28.4 Å². The molecule has 0 saturated carbocycles. The van der Waals surface area contributed by atoms with Crippen molar-refractivity contribution >= 4 is 17.5 Å². The SMILES string of the molecule is CC(=O)Nc1ccccc1C(=O)N1CCc2ccccc2C1. The van der Waals surface area contributed by atoms with Gasteiger partial charge < -0.3 is 10.2 Å². The molecule has 4 heteroatoms. The maximum absolute atomic E-state index is 12.8. The molecule has 0 atom stereocenters. The number of para-hydroxylation sites is 1. The maximum atomic E-state index is 12.8. The molecule has 1 aliphatic rings. The van der Waals surface area contributed by atoms with Crippen LogP contribution in [0.3, 0.4) is 0 Å². The van der Waals surface area contributed by atoms with Crippen molar-refractivity contribution in [3.63, 3.8) is 0 Å². The Hall–Kier alpha value is -2.62. The van der Waals surface area contributed by atoms with E-state index >= 15 is 0 Å². The number of carbonyl (C=O) groups is 2. The van der Waals surface area contributed by atoms with Crippen LogP contribution in [0.25, 0.3) is 0 Å². The third-order valence-corrected chi connectivity index (χ3v) is 3.89. The summed E-state index contributed by atoms with van der Waals surface area (Å²) < 4.78 is 0. The van der Waals surface area contributed by atoms with Gasteiger partial charge in [0.15, 0.2) is 0 Å². The van der Waals surface area contributed by atoms with Gasteiger partial charge in [0.1, 0.15) is 0 Å². The minimum atomic E-state index is -0.177. The van der Waals surface area contributed by atoms with Crippen molar-refractivity contribution in [2.75, 3.05) is 11.9 Å². The van der Waals surface area contributed by atoms with Gasteiger partial charge in [-0.3, -0.25) is 9.59 Å². The molecule has 0 bridgehead atoms. The fourth-order valence-corrected chi connectivity index (χ4v) is 2.81. The minimum absolute atomic E-state index is 0.0427. The van der Waals surface area contributed by atoms with Crippen molar-refractivity contribution in [1.82, 2.24) is 4.90 Å². The number of fused-ring (bicyclic) bond motifs is 1. The number of amides is 2. The Kier molecular flexibility index (Phi) is 3.92. The van der Waals surface area contributed by atoms with Crippen LogP contribution in [0, 0.1) is 0 Å². The number of benzene rings is 2. The maximum Gasteiger partial charge on any atom is 0.256 e. The third-order valence-electron chi connectivity index (χ3n) is 3.89. The Morgan fingerprint density at radius 3 is 2.45 bits per heavy atom. The van der Waals surface area contributed by atoms with E-state index < -0.39 is 0 Å². The first kappa shape index (κ1) is 14.3. The number of anilines is 1. The van der Waals surface area contributed by atoms with Gasteiger partial charge in [0.25, 0.3) is 5.91 Å². The lowest BCUT2D eigenvalue weighted by molar-refractivity contribution is -0.114. The molecule has 0 saturated heterocycles. The lowest BCUT2D eigenvalue weighted by atomic mass is 9.99. The summed E-state index contributed by atoms with van der Waals surface area (Å²) in [6.07, 6.45) is 0.865. The predicted octanol–water partition coefficient (Wildman–Crippen LogP) is 2.84. The zero-order valence-electron chi connectivity index (χ0n) is 12.5. The van der Waals surface area contributed by atoms with Crippen LogP contribution in [0.15, 0.2) is 48.5 Å². The summed E-state index contributed by atoms with van der Waals surface area (Å²) >= 11 is 0. The van der Waals surface area contributed by atoms with E-state index in [1.807, 2.05) is 29.2 Å². The Bertz CT molecular complexity index is 725. The molecule has 0 spiro atoms. The predicted molar refractivity (Wildman–Crippen MR) is 85.6 cm³/mol. The molecular weight excluding hydrogens is 276 g/mol. The summed E-state index contributed by atoms with van der Waals surface area (Å²) in [5, 5.41) is 2.73. The van der Waals surface area contributed by atoms with E-state index in [4.69, 9.17) is 0 Å². The molecule has 4 nitrogen and oxygen atoms in total. The summed E-state index contributed by atoms with van der Waals surface area (Å²) in [6.45, 7) is 2.76. The highest BCUT2D eigenvalue weighted by Gasteiger charge is 2.23. The van der Waals surface area contributed by atoms with Crippen LogP contribution < -0.4 is 5.32 Å². The highest BCUT2D eigenvalue weighted by atomic mass is 16.2. The van der Waals surface area contributed by atoms with Crippen molar-refractivity contribution in [1.29, 1.82) is 0 Å². The lowest BCUT2D eigenvalue weighted by Gasteiger charge is -2.29. The quantitative estimate of drug-likeness (QED) is 0.926. The van der Waals surface area contributed by atoms with Crippen LogP contribution in [0.4, 0.5) is 5.69 Å². The summed E-state index contributed by atoms with van der Waals surface area (Å²) in [7, 11) is 0. The zero-order chi connectivity index (χ0) is 15.5. The summed E-state index contributed by atoms with van der Waals surface area (Å²) in [5.74, 6) is -0.219. The number of hydrogen-bond acceptors (Lipinski definition) is 2. The third kappa shape index (κ3) is 2.86. The van der Waals surface area contributed by atoms with E-state index in [1.54, 1.807) is 12.1 Å². The average Bonchev–Trinajstić information content (AvgIpc) is 2.54. The number of carbonyl (C=O) groups excluding carboxylic acids is 2. The highest BCUT2D eigenvalue weighted by molar-refractivity contribution is 6.03. The van der Waals surface area contributed by atoms with Crippen LogP contribution in [0.5, 0.6) is 0 Å². The Labute approximate surface area is 129 Å². The zero-order valence-corrected chi connectivity index (χ0v) is 12.5. The number of nitrogens with zero attached hydrogens (tertiary/aromatic N) is 1. The van der Waals surface area contributed by atoms with Gasteiger partial charge in [0.2, 0.25) is 5.91 Å². The van der Waals surface area contributed by atoms with E-state index in [2.05, 4.69) is 17.4 Å². The van der Waals surface area contributed by atoms with Crippen LogP contribution in [-0.2, 0) is 17.8 Å². The molecule has 112 valence electrons. The first-order valence-corrected chi connectivity index (χ1v) is 7.38. The average molecular weight is 294 g/mol. The van der Waals surface area contributed by atoms with Crippen LogP contribution >= 0.6 is 0 Å². The van der Waals surface area contributed by atoms with Crippen LogP contribution in [-0.4, -0.2) is 23.3 Å². The summed E-state index contributed by atoms with van der Waals surface area (Å²) in [6, 6.07) is 15.3. The van der Waals surface area contributed by atoms with E-state index in [0.717, 1.165) is 6.42 Å². The summed E-state index contributed by atoms with van der Waals surface area (Å²) in [5.41, 5.74) is 3.61. The Morgan fingerprint density at radius 1 is 1.00 bits per heavy atom. The van der Waals surface area contributed by atoms with E-state index in [9.17, 15) is 9.59 Å². The molecule has 0 aliphatic carbocycles. The fraction of sp³-hybridized carbons (Fsp3) is 0.222. The molecule has 0 fully saturated rings. The topological polar surface area (TPSA) is 49.4 Å². The number of nitrogens with one attached hydrogen (secondary N) is 1. The largest absolute Gasteiger partial charge is 0.334 e. The fourth-order valence-electron chi connectivity index (χ4n) is 2.81. The smallest absolute Gasteiger partial charge is 0.256 e. The van der Waals surface area contributed by atoms with Gasteiger partial charge in [0, 0.05) is 20.0 Å². The van der Waals surface area contributed by atoms with Crippen LogP contribution in [0.2, 0.25) is 0 Å². The molecule has 2 aromatic carbocycles. The number of rotatable bonds is 2. The molecule has 2 amide bonds. The minimum Gasteiger partial charge on any atom is -0.334 e. The van der Waals surface area contributed by atoms with E-state index in [0.29, 0.717) is 24.3 Å². The second-order valence-electron chi connectivity index (χ2n) is 5.47. The van der Waals surface area contributed by atoms with Gasteiger partial charge >= 0.3 is 0 Å². The first-order valence-electron chi connectivity index (χ1n) is 7.38. The molecule has 1 N–H and O–H groups in total. The second-order valence-corrected chi connectivity index (χ2v) is 5.47.